The average Bonchev–Trinajstić information content (AvgIpc) is 3.33. The molecule has 3 heterocycles. The molecular formula is C22H18N2O2S2. The zero-order valence-corrected chi connectivity index (χ0v) is 16.9. The molecule has 0 radical (unpaired) electrons. The van der Waals surface area contributed by atoms with Crippen LogP contribution in [-0.2, 0) is 0 Å². The number of fused-ring (bicyclic) bond motifs is 1. The highest BCUT2D eigenvalue weighted by atomic mass is 32.1. The number of thiophene rings is 2. The summed E-state index contributed by atoms with van der Waals surface area (Å²) in [6.45, 7) is 0. The minimum absolute atomic E-state index is 0.0239. The topological polar surface area (TPSA) is 65.2 Å². The van der Waals surface area contributed by atoms with E-state index in [4.69, 9.17) is 15.5 Å². The fourth-order valence-electron chi connectivity index (χ4n) is 3.41. The molecule has 4 nitrogen and oxygen atoms in total. The lowest BCUT2D eigenvalue weighted by molar-refractivity contribution is 0.104. The summed E-state index contributed by atoms with van der Waals surface area (Å²) in [6.07, 6.45) is 2.34. The predicted octanol–water partition coefficient (Wildman–Crippen LogP) is 5.72. The Morgan fingerprint density at radius 1 is 1.21 bits per heavy atom. The van der Waals surface area contributed by atoms with Crippen LogP contribution in [0.2, 0.25) is 0 Å². The molecule has 2 N–H and O–H groups in total. The lowest BCUT2D eigenvalue weighted by atomic mass is 10.00. The number of carbonyl (C=O) groups excluding carboxylic acids is 1. The maximum absolute atomic E-state index is 13.0. The number of ketones is 1. The second kappa shape index (κ2) is 6.72. The number of methoxy groups -OCH3 is 1. The molecule has 0 unspecified atom stereocenters. The van der Waals surface area contributed by atoms with Crippen LogP contribution in [0, 0.1) is 0 Å². The molecule has 0 amide bonds. The van der Waals surface area contributed by atoms with Gasteiger partial charge in [0, 0.05) is 17.0 Å². The van der Waals surface area contributed by atoms with Crippen LogP contribution in [0.3, 0.4) is 0 Å². The first-order chi connectivity index (χ1) is 13.7. The number of nitrogens with two attached hydrogens (primary N) is 1. The van der Waals surface area contributed by atoms with Crippen molar-refractivity contribution in [2.75, 3.05) is 12.8 Å². The Labute approximate surface area is 170 Å². The average molecular weight is 407 g/mol. The first kappa shape index (κ1) is 17.4. The SMILES string of the molecule is COc1ccc(-c2cc(C3CC3)nc3sc(C(=O)c4cccs4)c(N)c23)cc1. The Hall–Kier alpha value is -2.70. The summed E-state index contributed by atoms with van der Waals surface area (Å²) in [7, 11) is 1.66. The van der Waals surface area contributed by atoms with E-state index in [0.29, 0.717) is 21.4 Å². The molecule has 1 saturated carbocycles. The lowest BCUT2D eigenvalue weighted by Gasteiger charge is -2.09. The molecule has 0 aliphatic heterocycles. The number of nitrogen functional groups attached to an aromatic ring is 1. The van der Waals surface area contributed by atoms with Gasteiger partial charge >= 0.3 is 0 Å². The van der Waals surface area contributed by atoms with E-state index in [0.717, 1.165) is 32.8 Å². The van der Waals surface area contributed by atoms with Crippen LogP contribution in [0.1, 0.15) is 39.0 Å². The molecule has 3 aromatic heterocycles. The summed E-state index contributed by atoms with van der Waals surface area (Å²) < 4.78 is 5.29. The van der Waals surface area contributed by atoms with Crippen LogP contribution in [0.4, 0.5) is 5.69 Å². The second-order valence-electron chi connectivity index (χ2n) is 6.93. The van der Waals surface area contributed by atoms with Gasteiger partial charge in [-0.15, -0.1) is 22.7 Å². The zero-order valence-electron chi connectivity index (χ0n) is 15.3. The molecular weight excluding hydrogens is 388 g/mol. The van der Waals surface area contributed by atoms with E-state index < -0.39 is 0 Å². The summed E-state index contributed by atoms with van der Waals surface area (Å²) in [4.78, 5) is 19.9. The number of rotatable bonds is 5. The number of aromatic nitrogens is 1. The van der Waals surface area contributed by atoms with Crippen molar-refractivity contribution in [2.24, 2.45) is 0 Å². The van der Waals surface area contributed by atoms with Crippen LogP contribution in [0.15, 0.2) is 47.8 Å². The highest BCUT2D eigenvalue weighted by molar-refractivity contribution is 7.22. The van der Waals surface area contributed by atoms with E-state index in [1.807, 2.05) is 41.8 Å². The third kappa shape index (κ3) is 2.89. The number of benzene rings is 1. The summed E-state index contributed by atoms with van der Waals surface area (Å²) in [5, 5.41) is 2.78. The maximum Gasteiger partial charge on any atom is 0.215 e. The number of carbonyl (C=O) groups is 1. The van der Waals surface area contributed by atoms with E-state index in [9.17, 15) is 4.79 Å². The van der Waals surface area contributed by atoms with Gasteiger partial charge in [-0.25, -0.2) is 4.98 Å². The Kier molecular flexibility index (Phi) is 4.18. The standard InChI is InChI=1S/C22H18N2O2S2/c1-26-14-8-6-12(7-9-14)15-11-16(13-4-5-13)24-22-18(15)19(23)21(28-22)20(25)17-3-2-10-27-17/h2-3,6-11,13H,4-5,23H2,1H3. The van der Waals surface area contributed by atoms with Crippen LogP contribution >= 0.6 is 22.7 Å². The van der Waals surface area contributed by atoms with Gasteiger partial charge in [-0.1, -0.05) is 18.2 Å². The van der Waals surface area contributed by atoms with Gasteiger partial charge in [-0.05, 0) is 53.6 Å². The van der Waals surface area contributed by atoms with Gasteiger partial charge < -0.3 is 10.5 Å². The van der Waals surface area contributed by atoms with Crippen molar-refractivity contribution >= 4 is 44.4 Å². The molecule has 1 aliphatic rings. The van der Waals surface area contributed by atoms with Crippen molar-refractivity contribution in [1.29, 1.82) is 0 Å². The van der Waals surface area contributed by atoms with Gasteiger partial charge in [0.25, 0.3) is 0 Å². The highest BCUT2D eigenvalue weighted by Crippen LogP contribution is 2.46. The van der Waals surface area contributed by atoms with Gasteiger partial charge in [0.2, 0.25) is 5.78 Å². The molecule has 0 saturated heterocycles. The first-order valence-corrected chi connectivity index (χ1v) is 10.8. The molecule has 6 heteroatoms. The lowest BCUT2D eigenvalue weighted by Crippen LogP contribution is -2.00. The fraction of sp³-hybridized carbons (Fsp3) is 0.182. The first-order valence-electron chi connectivity index (χ1n) is 9.11. The van der Waals surface area contributed by atoms with Crippen molar-refractivity contribution in [1.82, 2.24) is 4.98 Å². The minimum atomic E-state index is -0.0239. The van der Waals surface area contributed by atoms with Gasteiger partial charge in [0.05, 0.1) is 17.7 Å². The Bertz CT molecular complexity index is 1170. The molecule has 4 aromatic rings. The summed E-state index contributed by atoms with van der Waals surface area (Å²) >= 11 is 2.84. The summed E-state index contributed by atoms with van der Waals surface area (Å²) in [6, 6.07) is 13.8. The van der Waals surface area contributed by atoms with Gasteiger partial charge in [0.15, 0.2) is 0 Å². The Morgan fingerprint density at radius 3 is 2.64 bits per heavy atom. The van der Waals surface area contributed by atoms with Crippen LogP contribution in [0.5, 0.6) is 5.75 Å². The smallest absolute Gasteiger partial charge is 0.215 e. The van der Waals surface area contributed by atoms with Crippen LogP contribution in [0.25, 0.3) is 21.3 Å². The van der Waals surface area contributed by atoms with E-state index in [1.165, 1.54) is 35.5 Å². The van der Waals surface area contributed by atoms with E-state index >= 15 is 0 Å². The molecule has 1 fully saturated rings. The Morgan fingerprint density at radius 2 is 2.00 bits per heavy atom. The number of ether oxygens (including phenoxy) is 1. The number of pyridine rings is 1. The van der Waals surface area contributed by atoms with Gasteiger partial charge in [0.1, 0.15) is 15.5 Å². The largest absolute Gasteiger partial charge is 0.497 e. The van der Waals surface area contributed by atoms with Crippen LogP contribution in [-0.4, -0.2) is 17.9 Å². The molecule has 0 spiro atoms. The number of hydrogen-bond acceptors (Lipinski definition) is 6. The molecule has 1 aromatic carbocycles. The van der Waals surface area contributed by atoms with E-state index in [1.54, 1.807) is 7.11 Å². The molecule has 140 valence electrons. The predicted molar refractivity (Wildman–Crippen MR) is 116 cm³/mol. The van der Waals surface area contributed by atoms with E-state index in [2.05, 4.69) is 6.07 Å². The fourth-order valence-corrected chi connectivity index (χ4v) is 5.23. The third-order valence-corrected chi connectivity index (χ3v) is 7.03. The number of anilines is 1. The molecule has 5 rings (SSSR count). The molecule has 0 atom stereocenters. The van der Waals surface area contributed by atoms with Crippen molar-refractivity contribution in [3.8, 4) is 16.9 Å². The highest BCUT2D eigenvalue weighted by Gasteiger charge is 2.28. The summed E-state index contributed by atoms with van der Waals surface area (Å²) in [5.74, 6) is 1.30. The Balaban J connectivity index is 1.72. The quantitative estimate of drug-likeness (QED) is 0.430. The van der Waals surface area contributed by atoms with Gasteiger partial charge in [-0.3, -0.25) is 4.79 Å². The van der Waals surface area contributed by atoms with Crippen molar-refractivity contribution in [2.45, 2.75) is 18.8 Å². The maximum atomic E-state index is 13.0. The normalized spacial score (nSPS) is 13.8. The van der Waals surface area contributed by atoms with Crippen LogP contribution < -0.4 is 10.5 Å². The minimum Gasteiger partial charge on any atom is -0.497 e. The number of hydrogen-bond donors (Lipinski definition) is 1. The van der Waals surface area contributed by atoms with Crippen molar-refractivity contribution < 1.29 is 9.53 Å². The zero-order chi connectivity index (χ0) is 19.3. The third-order valence-electron chi connectivity index (χ3n) is 5.07. The molecule has 1 aliphatic carbocycles. The summed E-state index contributed by atoms with van der Waals surface area (Å²) in [5.41, 5.74) is 10.2. The van der Waals surface area contributed by atoms with Gasteiger partial charge in [-0.2, -0.15) is 0 Å². The van der Waals surface area contributed by atoms with Crippen molar-refractivity contribution in [3.05, 3.63) is 63.3 Å². The molecule has 28 heavy (non-hydrogen) atoms. The van der Waals surface area contributed by atoms with E-state index in [-0.39, 0.29) is 5.78 Å². The monoisotopic (exact) mass is 406 g/mol. The second-order valence-corrected chi connectivity index (χ2v) is 8.88. The molecule has 0 bridgehead atoms. The van der Waals surface area contributed by atoms with Crippen molar-refractivity contribution in [3.63, 3.8) is 0 Å². The number of nitrogens with zero attached hydrogens (tertiary/aromatic N) is 1.